The van der Waals surface area contributed by atoms with Crippen LogP contribution < -0.4 is 5.63 Å². The summed E-state index contributed by atoms with van der Waals surface area (Å²) in [7, 11) is 0. The Morgan fingerprint density at radius 1 is 1.14 bits per heavy atom. The summed E-state index contributed by atoms with van der Waals surface area (Å²) in [4.78, 5) is 12.9. The molecule has 0 aliphatic carbocycles. The zero-order valence-corrected chi connectivity index (χ0v) is 21.9. The maximum atomic E-state index is 15.8. The van der Waals surface area contributed by atoms with Crippen molar-refractivity contribution >= 4 is 47.1 Å². The highest BCUT2D eigenvalue weighted by Crippen LogP contribution is 2.42. The number of fused-ring (bicyclic) bond motifs is 4. The van der Waals surface area contributed by atoms with Crippen LogP contribution in [0.3, 0.4) is 0 Å². The smallest absolute Gasteiger partial charge is 0.422 e. The largest absolute Gasteiger partial charge is 0.737 e. The number of hydrogen-bond acceptors (Lipinski definition) is 3. The predicted molar refractivity (Wildman–Crippen MR) is 148 cm³/mol. The molecule has 0 saturated heterocycles. The van der Waals surface area contributed by atoms with Crippen LogP contribution in [0, 0.1) is 25.7 Å². The molecule has 0 unspecified atom stereocenters. The quantitative estimate of drug-likeness (QED) is 0.229. The van der Waals surface area contributed by atoms with Crippen LogP contribution >= 0.6 is 11.8 Å². The van der Waals surface area contributed by atoms with Crippen molar-refractivity contribution in [3.63, 3.8) is 0 Å². The second kappa shape index (κ2) is 8.49. The summed E-state index contributed by atoms with van der Waals surface area (Å²) in [5.74, 6) is 8.20. The molecule has 186 valence electrons. The van der Waals surface area contributed by atoms with Gasteiger partial charge in [0, 0.05) is 53.1 Å². The number of rotatable bonds is 2. The maximum absolute atomic E-state index is 15.8. The fourth-order valence-corrected chi connectivity index (χ4v) is 6.57. The van der Waals surface area contributed by atoms with Gasteiger partial charge in [-0.3, -0.25) is 0 Å². The number of nitrogens with zero attached hydrogens (tertiary/aromatic N) is 2. The number of hydrogen-bond donors (Lipinski definition) is 0. The highest BCUT2D eigenvalue weighted by molar-refractivity contribution is 7.98. The predicted octanol–water partition coefficient (Wildman–Crippen LogP) is 6.29. The van der Waals surface area contributed by atoms with Crippen molar-refractivity contribution in [1.29, 1.82) is 0 Å². The molecule has 0 N–H and O–H groups in total. The zero-order chi connectivity index (χ0) is 26.1. The van der Waals surface area contributed by atoms with Crippen molar-refractivity contribution in [2.45, 2.75) is 39.9 Å². The lowest BCUT2D eigenvalue weighted by Gasteiger charge is -2.33. The summed E-state index contributed by atoms with van der Waals surface area (Å²) in [6.07, 6.45) is 6.08. The lowest BCUT2D eigenvalue weighted by Crippen LogP contribution is -2.51. The fourth-order valence-electron chi connectivity index (χ4n) is 5.72. The zero-order valence-electron chi connectivity index (χ0n) is 21.1. The normalized spacial score (nSPS) is 18.3. The van der Waals surface area contributed by atoms with Crippen LogP contribution in [0.2, 0.25) is 0 Å². The summed E-state index contributed by atoms with van der Waals surface area (Å²) < 4.78 is 39.5. The molecule has 0 spiro atoms. The highest BCUT2D eigenvalue weighted by Gasteiger charge is 2.54. The molecule has 0 amide bonds. The number of aryl methyl sites for hydroxylation is 2. The minimum atomic E-state index is -4.04. The van der Waals surface area contributed by atoms with E-state index in [4.69, 9.17) is 4.42 Å². The number of aromatic nitrogens is 1. The van der Waals surface area contributed by atoms with Crippen LogP contribution in [0.4, 0.5) is 8.63 Å². The van der Waals surface area contributed by atoms with Crippen molar-refractivity contribution in [3.8, 4) is 11.8 Å². The molecule has 1 aromatic carbocycles. The Morgan fingerprint density at radius 2 is 1.95 bits per heavy atom. The average Bonchev–Trinajstić information content (AvgIpc) is 3.29. The second-order valence-corrected chi connectivity index (χ2v) is 11.0. The molecule has 3 aliphatic heterocycles. The maximum Gasteiger partial charge on any atom is 0.737 e. The van der Waals surface area contributed by atoms with Crippen LogP contribution in [-0.4, -0.2) is 27.4 Å². The number of allylic oxidation sites excluding steroid dienone is 4. The van der Waals surface area contributed by atoms with Gasteiger partial charge in [0.1, 0.15) is 11.3 Å². The van der Waals surface area contributed by atoms with E-state index >= 15 is 8.63 Å². The molecule has 5 heterocycles. The molecule has 6 rings (SSSR count). The van der Waals surface area contributed by atoms with Gasteiger partial charge in [-0.1, -0.05) is 11.8 Å². The molecule has 0 fully saturated rings. The number of benzene rings is 1. The minimum Gasteiger partial charge on any atom is -0.422 e. The fraction of sp³-hybridized carbons (Fsp3) is 0.241. The Labute approximate surface area is 218 Å². The first kappa shape index (κ1) is 23.8. The first-order valence-corrected chi connectivity index (χ1v) is 13.4. The molecule has 4 nitrogen and oxygen atoms in total. The van der Waals surface area contributed by atoms with Crippen molar-refractivity contribution in [2.75, 3.05) is 5.75 Å². The molecule has 8 heteroatoms. The van der Waals surface area contributed by atoms with Crippen LogP contribution in [-0.2, 0) is 5.75 Å². The first-order chi connectivity index (χ1) is 17.7. The van der Waals surface area contributed by atoms with E-state index in [2.05, 4.69) is 11.8 Å². The minimum absolute atomic E-state index is 0.368. The van der Waals surface area contributed by atoms with Gasteiger partial charge in [0.05, 0.1) is 11.1 Å². The molecule has 3 aromatic rings. The molecule has 0 radical (unpaired) electrons. The monoisotopic (exact) mass is 514 g/mol. The van der Waals surface area contributed by atoms with E-state index in [-0.39, 0.29) is 0 Å². The third kappa shape index (κ3) is 3.67. The molecule has 3 aliphatic rings. The lowest BCUT2D eigenvalue weighted by molar-refractivity contribution is -0.363. The van der Waals surface area contributed by atoms with Gasteiger partial charge in [-0.2, -0.15) is 11.8 Å². The molecule has 0 atom stereocenters. The third-order valence-corrected chi connectivity index (χ3v) is 8.25. The molecule has 0 saturated carbocycles. The van der Waals surface area contributed by atoms with Crippen LogP contribution in [0.15, 0.2) is 56.9 Å². The van der Waals surface area contributed by atoms with Crippen LogP contribution in [0.25, 0.3) is 22.6 Å². The topological polar surface area (TPSA) is 38.1 Å². The van der Waals surface area contributed by atoms with Crippen LogP contribution in [0.5, 0.6) is 0 Å². The van der Waals surface area contributed by atoms with E-state index in [9.17, 15) is 4.79 Å². The van der Waals surface area contributed by atoms with E-state index in [1.165, 1.54) is 0 Å². The molecule has 0 bridgehead atoms. The van der Waals surface area contributed by atoms with E-state index in [0.29, 0.717) is 39.5 Å². The molecular weight excluding hydrogens is 489 g/mol. The summed E-state index contributed by atoms with van der Waals surface area (Å²) in [6, 6.07) is 7.48. The van der Waals surface area contributed by atoms with Crippen LogP contribution in [0.1, 0.15) is 53.9 Å². The SMILES string of the molecule is CC1=CC(C)=[N+]2C1=C(C=Cc1cc3cc4c(cc3oc1=O)C#CCCSC4)c1c(C)cc(C)n1[B-]2(F)F. The summed E-state index contributed by atoms with van der Waals surface area (Å²) >= 11 is 1.83. The van der Waals surface area contributed by atoms with Gasteiger partial charge in [-0.15, -0.1) is 0 Å². The Morgan fingerprint density at radius 3 is 2.76 bits per heavy atom. The van der Waals surface area contributed by atoms with Crippen molar-refractivity contribution in [3.05, 3.63) is 91.7 Å². The van der Waals surface area contributed by atoms with E-state index in [1.807, 2.05) is 43.8 Å². The van der Waals surface area contributed by atoms with Crippen molar-refractivity contribution in [2.24, 2.45) is 0 Å². The number of thioether (sulfide) groups is 1. The Bertz CT molecular complexity index is 1780. The molecular formula is C29H25BF2N2O2S. The standard InChI is InChI=1S/C29H25BF2N2O2S/c1-17-11-19(3)33-27(17)25(28-18(2)12-20(4)34(28)30(33,31)32)9-8-22-13-23-14-24-16-37-10-6-5-7-21(24)15-26(23)36-29(22)35/h8-9,11-15H,6,10,16H2,1-4H3. The average molecular weight is 514 g/mol. The van der Waals surface area contributed by atoms with Gasteiger partial charge in [0.25, 0.3) is 0 Å². The van der Waals surface area contributed by atoms with E-state index in [0.717, 1.165) is 54.5 Å². The van der Waals surface area contributed by atoms with Gasteiger partial charge >= 0.3 is 12.6 Å². The Hall–Kier alpha value is -3.57. The summed E-state index contributed by atoms with van der Waals surface area (Å²) in [6.45, 7) is 3.06. The first-order valence-electron chi connectivity index (χ1n) is 12.3. The van der Waals surface area contributed by atoms with Gasteiger partial charge in [0.2, 0.25) is 0 Å². The summed E-state index contributed by atoms with van der Waals surface area (Å²) in [5, 5.41) is 0.815. The van der Waals surface area contributed by atoms with Gasteiger partial charge in [-0.05, 0) is 74.0 Å². The van der Waals surface area contributed by atoms with Gasteiger partial charge < -0.3 is 22.0 Å². The highest BCUT2D eigenvalue weighted by atomic mass is 32.2. The van der Waals surface area contributed by atoms with Gasteiger partial charge in [0.15, 0.2) is 5.70 Å². The van der Waals surface area contributed by atoms with E-state index in [1.54, 1.807) is 38.1 Å². The molecule has 37 heavy (non-hydrogen) atoms. The third-order valence-electron chi connectivity index (χ3n) is 7.24. The van der Waals surface area contributed by atoms with Crippen molar-refractivity contribution < 1.29 is 17.5 Å². The lowest BCUT2D eigenvalue weighted by atomic mass is 9.86. The second-order valence-electron chi connectivity index (χ2n) is 9.85. The Balaban J connectivity index is 1.52. The van der Waals surface area contributed by atoms with Crippen molar-refractivity contribution in [1.82, 2.24) is 4.48 Å². The van der Waals surface area contributed by atoms with E-state index < -0.39 is 12.6 Å². The van der Waals surface area contributed by atoms with Gasteiger partial charge in [-0.25, -0.2) is 4.79 Å². The Kier molecular flexibility index (Phi) is 5.46. The summed E-state index contributed by atoms with van der Waals surface area (Å²) in [5.41, 5.74) is 6.56. The molecule has 2 aromatic heterocycles. The number of halogens is 2.